The Morgan fingerprint density at radius 3 is 2.07 bits per heavy atom. The van der Waals surface area contributed by atoms with E-state index in [-0.39, 0.29) is 35.4 Å². The fourth-order valence-electron chi connectivity index (χ4n) is 8.73. The van der Waals surface area contributed by atoms with Crippen molar-refractivity contribution in [2.24, 2.45) is 11.3 Å². The lowest BCUT2D eigenvalue weighted by molar-refractivity contribution is -0.166. The first-order valence-corrected chi connectivity index (χ1v) is 19.3. The van der Waals surface area contributed by atoms with Crippen LogP contribution in [0.15, 0.2) is 133 Å². The molecule has 0 bridgehead atoms. The second-order valence-corrected chi connectivity index (χ2v) is 15.9. The van der Waals surface area contributed by atoms with Crippen molar-refractivity contribution in [3.63, 3.8) is 0 Å². The summed E-state index contributed by atoms with van der Waals surface area (Å²) in [4.78, 5) is 26.2. The van der Waals surface area contributed by atoms with E-state index in [2.05, 4.69) is 99.8 Å². The highest BCUT2D eigenvalue weighted by Gasteiger charge is 2.76. The minimum atomic E-state index is -1.21. The van der Waals surface area contributed by atoms with E-state index < -0.39 is 17.5 Å². The summed E-state index contributed by atoms with van der Waals surface area (Å²) in [5, 5.41) is 12.7. The molecule has 5 atom stereocenters. The van der Waals surface area contributed by atoms with Crippen LogP contribution in [0.1, 0.15) is 48.6 Å². The Morgan fingerprint density at radius 1 is 0.889 bits per heavy atom. The molecule has 0 spiro atoms. The molecule has 1 saturated heterocycles. The highest BCUT2D eigenvalue weighted by molar-refractivity contribution is 7.99. The molecule has 10 nitrogen and oxygen atoms in total. The van der Waals surface area contributed by atoms with Crippen LogP contribution in [-0.4, -0.2) is 61.1 Å². The molecule has 2 saturated carbocycles. The SMILES string of the molecule is CC1(C)O[C@H]2[C@H](n3cnc4c(NC(=O)O)nc(SCCc5ccccc5)nc43)[C@H]3C[C@@]3(COC(c3ccccc3)(c3ccccc3)c3ccccc3)[C@H]2O1. The smallest absolute Gasteiger partial charge is 0.410 e. The Balaban J connectivity index is 1.09. The van der Waals surface area contributed by atoms with Gasteiger partial charge in [-0.2, -0.15) is 0 Å². The summed E-state index contributed by atoms with van der Waals surface area (Å²) in [6.45, 7) is 4.34. The molecule has 1 amide bonds. The first-order valence-electron chi connectivity index (χ1n) is 18.3. The molecule has 3 heterocycles. The van der Waals surface area contributed by atoms with Crippen LogP contribution in [0.4, 0.5) is 10.6 Å². The van der Waals surface area contributed by atoms with Gasteiger partial charge in [0.25, 0.3) is 0 Å². The zero-order valence-corrected chi connectivity index (χ0v) is 30.9. The second-order valence-electron chi connectivity index (χ2n) is 14.8. The maximum Gasteiger partial charge on any atom is 0.410 e. The number of carbonyl (C=O) groups is 1. The lowest BCUT2D eigenvalue weighted by atomic mass is 9.80. The minimum Gasteiger partial charge on any atom is -0.465 e. The van der Waals surface area contributed by atoms with Gasteiger partial charge in [-0.1, -0.05) is 133 Å². The number of amides is 1. The third-order valence-electron chi connectivity index (χ3n) is 11.1. The summed E-state index contributed by atoms with van der Waals surface area (Å²) >= 11 is 1.49. The number of nitrogens with one attached hydrogen (secondary N) is 1. The van der Waals surface area contributed by atoms with Gasteiger partial charge in [0.1, 0.15) is 11.7 Å². The van der Waals surface area contributed by atoms with E-state index in [0.717, 1.165) is 35.3 Å². The van der Waals surface area contributed by atoms with Gasteiger partial charge in [-0.05, 0) is 54.9 Å². The molecule has 2 aliphatic carbocycles. The van der Waals surface area contributed by atoms with Gasteiger partial charge in [-0.3, -0.25) is 5.32 Å². The average molecular weight is 740 g/mol. The van der Waals surface area contributed by atoms with Crippen LogP contribution in [0, 0.1) is 11.3 Å². The van der Waals surface area contributed by atoms with E-state index in [9.17, 15) is 9.90 Å². The number of nitrogens with zero attached hydrogens (tertiary/aromatic N) is 4. The zero-order valence-electron chi connectivity index (χ0n) is 30.0. The Hall–Kier alpha value is -5.07. The van der Waals surface area contributed by atoms with Crippen LogP contribution in [-0.2, 0) is 26.2 Å². The monoisotopic (exact) mass is 739 g/mol. The number of hydrogen-bond donors (Lipinski definition) is 2. The molecule has 9 rings (SSSR count). The van der Waals surface area contributed by atoms with Crippen LogP contribution >= 0.6 is 11.8 Å². The number of fused-ring (bicyclic) bond motifs is 4. The number of ether oxygens (including phenoxy) is 3. The molecule has 0 unspecified atom stereocenters. The standard InChI is InChI=1S/C43H41N5O5S/c1-41(2)52-35-34(48-27-44-33-37(46-40(49)50)45-39(47-38(33)48)54-24-23-28-15-7-3-8-16-28)32-25-42(32,36(35)53-41)26-51-43(29-17-9-4-10-18-29,30-19-11-5-12-20-30)31-21-13-6-14-22-31/h3-22,27,32,34-36H,23-26H2,1-2H3,(H,49,50)(H,45,46,47)/t32-,34-,35+,36+,42+/m1/s1. The van der Waals surface area contributed by atoms with E-state index >= 15 is 0 Å². The van der Waals surface area contributed by atoms with Gasteiger partial charge in [0.05, 0.1) is 25.1 Å². The van der Waals surface area contributed by atoms with Gasteiger partial charge in [-0.25, -0.2) is 19.7 Å². The molecule has 2 aromatic heterocycles. The molecule has 0 radical (unpaired) electrons. The molecule has 3 aliphatic rings. The van der Waals surface area contributed by atoms with E-state index in [1.54, 1.807) is 6.33 Å². The summed E-state index contributed by atoms with van der Waals surface area (Å²) in [6.07, 6.45) is 1.66. The first kappa shape index (κ1) is 34.7. The molecule has 4 aromatic carbocycles. The average Bonchev–Trinajstić information content (AvgIpc) is 3.44. The van der Waals surface area contributed by atoms with Crippen molar-refractivity contribution in [1.82, 2.24) is 19.5 Å². The predicted molar refractivity (Wildman–Crippen MR) is 206 cm³/mol. The largest absolute Gasteiger partial charge is 0.465 e. The van der Waals surface area contributed by atoms with Crippen LogP contribution < -0.4 is 5.32 Å². The Morgan fingerprint density at radius 2 is 1.48 bits per heavy atom. The van der Waals surface area contributed by atoms with E-state index in [1.165, 1.54) is 17.3 Å². The summed E-state index contributed by atoms with van der Waals surface area (Å²) in [7, 11) is 0. The van der Waals surface area contributed by atoms with Gasteiger partial charge in [0.2, 0.25) is 0 Å². The Kier molecular flexibility index (Phi) is 8.77. The molecule has 54 heavy (non-hydrogen) atoms. The highest BCUT2D eigenvalue weighted by Crippen LogP contribution is 2.72. The molecule has 3 fully saturated rings. The maximum atomic E-state index is 11.9. The zero-order chi connectivity index (χ0) is 36.9. The van der Waals surface area contributed by atoms with Crippen molar-refractivity contribution >= 4 is 34.8 Å². The maximum absolute atomic E-state index is 11.9. The third-order valence-corrected chi connectivity index (χ3v) is 12.0. The normalized spacial score (nSPS) is 23.9. The summed E-state index contributed by atoms with van der Waals surface area (Å²) in [5.74, 6) is 0.199. The number of carboxylic acid groups (broad SMARTS) is 1. The van der Waals surface area contributed by atoms with Gasteiger partial charge < -0.3 is 23.9 Å². The molecule has 274 valence electrons. The van der Waals surface area contributed by atoms with Crippen molar-refractivity contribution < 1.29 is 24.1 Å². The number of aromatic nitrogens is 4. The van der Waals surface area contributed by atoms with Crippen LogP contribution in [0.2, 0.25) is 0 Å². The number of benzene rings is 4. The fraction of sp³-hybridized carbons (Fsp3) is 0.302. The van der Waals surface area contributed by atoms with Crippen molar-refractivity contribution in [3.05, 3.63) is 150 Å². The number of thioether (sulfide) groups is 1. The molecular formula is C43H41N5O5S. The number of rotatable bonds is 12. The Labute approximate surface area is 317 Å². The third kappa shape index (κ3) is 6.05. The van der Waals surface area contributed by atoms with Crippen molar-refractivity contribution in [3.8, 4) is 0 Å². The van der Waals surface area contributed by atoms with Crippen LogP contribution in [0.25, 0.3) is 11.2 Å². The van der Waals surface area contributed by atoms with E-state index in [4.69, 9.17) is 24.2 Å². The van der Waals surface area contributed by atoms with E-state index in [1.807, 2.05) is 50.2 Å². The molecule has 1 aliphatic heterocycles. The molecule has 11 heteroatoms. The van der Waals surface area contributed by atoms with Crippen LogP contribution in [0.3, 0.4) is 0 Å². The minimum absolute atomic E-state index is 0.126. The summed E-state index contributed by atoms with van der Waals surface area (Å²) in [6, 6.07) is 41.3. The van der Waals surface area contributed by atoms with Gasteiger partial charge in [0.15, 0.2) is 27.9 Å². The highest BCUT2D eigenvalue weighted by atomic mass is 32.2. The van der Waals surface area contributed by atoms with Gasteiger partial charge in [-0.15, -0.1) is 0 Å². The first-order chi connectivity index (χ1) is 26.3. The van der Waals surface area contributed by atoms with Crippen LogP contribution in [0.5, 0.6) is 0 Å². The topological polar surface area (TPSA) is 121 Å². The quantitative estimate of drug-likeness (QED) is 0.0725. The van der Waals surface area contributed by atoms with E-state index in [0.29, 0.717) is 22.9 Å². The van der Waals surface area contributed by atoms with Crippen molar-refractivity contribution in [1.29, 1.82) is 0 Å². The number of aryl methyl sites for hydroxylation is 1. The number of imidazole rings is 1. The molecule has 6 aromatic rings. The Bertz CT molecular complexity index is 2180. The lowest BCUT2D eigenvalue weighted by Gasteiger charge is -2.38. The van der Waals surface area contributed by atoms with Gasteiger partial charge >= 0.3 is 6.09 Å². The predicted octanol–water partition coefficient (Wildman–Crippen LogP) is 8.34. The fourth-order valence-corrected chi connectivity index (χ4v) is 9.56. The van der Waals surface area contributed by atoms with Gasteiger partial charge in [0, 0.05) is 11.2 Å². The number of anilines is 1. The second kappa shape index (κ2) is 13.7. The van der Waals surface area contributed by atoms with Crippen molar-refractivity contribution in [2.75, 3.05) is 17.7 Å². The number of hydrogen-bond acceptors (Lipinski definition) is 8. The summed E-state index contributed by atoms with van der Waals surface area (Å²) in [5.41, 5.74) is 4.05. The summed E-state index contributed by atoms with van der Waals surface area (Å²) < 4.78 is 23.0. The lowest BCUT2D eigenvalue weighted by Crippen LogP contribution is -2.39. The molecular weight excluding hydrogens is 699 g/mol. The molecule has 2 N–H and O–H groups in total. The van der Waals surface area contributed by atoms with Crippen molar-refractivity contribution in [2.45, 2.75) is 61.5 Å².